The molecule has 0 atom stereocenters. The van der Waals surface area contributed by atoms with Crippen molar-refractivity contribution in [2.45, 2.75) is 6.42 Å². The van der Waals surface area contributed by atoms with Crippen LogP contribution in [0.1, 0.15) is 5.69 Å². The number of imidazole rings is 1. The van der Waals surface area contributed by atoms with E-state index >= 15 is 0 Å². The van der Waals surface area contributed by atoms with Crippen molar-refractivity contribution >= 4 is 11.6 Å². The van der Waals surface area contributed by atoms with Crippen molar-refractivity contribution in [3.05, 3.63) is 41.3 Å². The first-order valence-corrected chi connectivity index (χ1v) is 6.01. The number of likely N-dealkylation sites (N-methyl/N-ethyl adjacent to an activating group) is 1. The summed E-state index contributed by atoms with van der Waals surface area (Å²) in [5.41, 5.74) is 3.18. The van der Waals surface area contributed by atoms with Gasteiger partial charge < -0.3 is 9.88 Å². The molecule has 1 aromatic heterocycles. The summed E-state index contributed by atoms with van der Waals surface area (Å²) < 4.78 is 2.05. The van der Waals surface area contributed by atoms with Crippen molar-refractivity contribution in [3.8, 4) is 11.3 Å². The summed E-state index contributed by atoms with van der Waals surface area (Å²) in [6, 6.07) is 7.82. The average molecular weight is 250 g/mol. The van der Waals surface area contributed by atoms with Gasteiger partial charge >= 0.3 is 0 Å². The van der Waals surface area contributed by atoms with E-state index in [4.69, 9.17) is 11.6 Å². The van der Waals surface area contributed by atoms with Gasteiger partial charge in [-0.1, -0.05) is 29.8 Å². The van der Waals surface area contributed by atoms with Crippen molar-refractivity contribution in [2.75, 3.05) is 13.6 Å². The normalized spacial score (nSPS) is 10.8. The van der Waals surface area contributed by atoms with E-state index in [-0.39, 0.29) is 0 Å². The second-order valence-corrected chi connectivity index (χ2v) is 4.39. The maximum atomic E-state index is 6.21. The zero-order valence-electron chi connectivity index (χ0n) is 10.1. The predicted octanol–water partition coefficient (Wildman–Crippen LogP) is 2.50. The first-order chi connectivity index (χ1) is 8.24. The van der Waals surface area contributed by atoms with Crippen LogP contribution in [-0.4, -0.2) is 23.1 Å². The highest BCUT2D eigenvalue weighted by atomic mass is 35.5. The Hall–Kier alpha value is -1.32. The van der Waals surface area contributed by atoms with Crippen LogP contribution < -0.4 is 5.32 Å². The fourth-order valence-electron chi connectivity index (χ4n) is 1.87. The molecule has 1 N–H and O–H groups in total. The maximum Gasteiger partial charge on any atom is 0.0953 e. The number of aromatic nitrogens is 2. The minimum absolute atomic E-state index is 0.747. The lowest BCUT2D eigenvalue weighted by molar-refractivity contribution is 0.738. The van der Waals surface area contributed by atoms with Gasteiger partial charge in [0.15, 0.2) is 0 Å². The molecule has 0 aliphatic carbocycles. The summed E-state index contributed by atoms with van der Waals surface area (Å²) in [5, 5.41) is 3.90. The smallest absolute Gasteiger partial charge is 0.0953 e. The Labute approximate surface area is 106 Å². The molecule has 0 unspecified atom stereocenters. The molecule has 0 saturated heterocycles. The van der Waals surface area contributed by atoms with Crippen LogP contribution in [0.4, 0.5) is 0 Å². The van der Waals surface area contributed by atoms with Crippen molar-refractivity contribution in [1.82, 2.24) is 14.9 Å². The van der Waals surface area contributed by atoms with E-state index in [2.05, 4.69) is 14.9 Å². The van der Waals surface area contributed by atoms with Gasteiger partial charge in [0.1, 0.15) is 0 Å². The molecule has 0 aliphatic rings. The summed E-state index contributed by atoms with van der Waals surface area (Å²) in [5.74, 6) is 0. The van der Waals surface area contributed by atoms with Gasteiger partial charge in [-0.15, -0.1) is 0 Å². The third-order valence-corrected chi connectivity index (χ3v) is 3.13. The first kappa shape index (κ1) is 12.1. The highest BCUT2D eigenvalue weighted by Gasteiger charge is 2.12. The van der Waals surface area contributed by atoms with E-state index in [1.165, 1.54) is 5.69 Å². The quantitative estimate of drug-likeness (QED) is 0.902. The molecule has 2 rings (SSSR count). The highest BCUT2D eigenvalue weighted by Crippen LogP contribution is 2.28. The van der Waals surface area contributed by atoms with E-state index in [0.29, 0.717) is 0 Å². The number of hydrogen-bond acceptors (Lipinski definition) is 2. The molecule has 4 heteroatoms. The lowest BCUT2D eigenvalue weighted by Crippen LogP contribution is -2.12. The molecule has 0 radical (unpaired) electrons. The van der Waals surface area contributed by atoms with Gasteiger partial charge in [0.05, 0.1) is 17.0 Å². The van der Waals surface area contributed by atoms with E-state index in [1.54, 1.807) is 0 Å². The number of nitrogens with one attached hydrogen (secondary N) is 1. The van der Waals surface area contributed by atoms with Crippen molar-refractivity contribution in [3.63, 3.8) is 0 Å². The Balaban J connectivity index is 2.42. The molecule has 0 fully saturated rings. The van der Waals surface area contributed by atoms with Crippen LogP contribution in [-0.2, 0) is 13.5 Å². The Kier molecular flexibility index (Phi) is 3.82. The molecule has 17 heavy (non-hydrogen) atoms. The van der Waals surface area contributed by atoms with Crippen LogP contribution in [0.3, 0.4) is 0 Å². The SMILES string of the molecule is CNCCc1c(-c2ccccc2Cl)ncn1C. The van der Waals surface area contributed by atoms with Gasteiger partial charge in [-0.05, 0) is 13.1 Å². The van der Waals surface area contributed by atoms with Gasteiger partial charge in [0.25, 0.3) is 0 Å². The van der Waals surface area contributed by atoms with Gasteiger partial charge in [-0.3, -0.25) is 0 Å². The molecule has 90 valence electrons. The van der Waals surface area contributed by atoms with Crippen LogP contribution in [0.2, 0.25) is 5.02 Å². The zero-order valence-corrected chi connectivity index (χ0v) is 10.8. The second-order valence-electron chi connectivity index (χ2n) is 3.98. The summed E-state index contributed by atoms with van der Waals surface area (Å²) in [6.07, 6.45) is 2.78. The Morgan fingerprint density at radius 1 is 1.35 bits per heavy atom. The van der Waals surface area contributed by atoms with E-state index in [9.17, 15) is 0 Å². The largest absolute Gasteiger partial charge is 0.337 e. The van der Waals surface area contributed by atoms with Crippen LogP contribution in [0.25, 0.3) is 11.3 Å². The van der Waals surface area contributed by atoms with Gasteiger partial charge in [-0.2, -0.15) is 0 Å². The molecule has 1 aromatic carbocycles. The molecule has 3 nitrogen and oxygen atoms in total. The Morgan fingerprint density at radius 3 is 2.82 bits per heavy atom. The summed E-state index contributed by atoms with van der Waals surface area (Å²) in [4.78, 5) is 4.45. The topological polar surface area (TPSA) is 29.9 Å². The zero-order chi connectivity index (χ0) is 12.3. The average Bonchev–Trinajstić information content (AvgIpc) is 2.69. The fraction of sp³-hybridized carbons (Fsp3) is 0.308. The van der Waals surface area contributed by atoms with Crippen molar-refractivity contribution in [2.24, 2.45) is 7.05 Å². The summed E-state index contributed by atoms with van der Waals surface area (Å²) in [6.45, 7) is 0.928. The lowest BCUT2D eigenvalue weighted by atomic mass is 10.1. The van der Waals surface area contributed by atoms with Crippen LogP contribution in [0.5, 0.6) is 0 Å². The van der Waals surface area contributed by atoms with E-state index in [1.807, 2.05) is 44.7 Å². The van der Waals surface area contributed by atoms with E-state index < -0.39 is 0 Å². The molecule has 0 bridgehead atoms. The van der Waals surface area contributed by atoms with Crippen LogP contribution in [0.15, 0.2) is 30.6 Å². The number of nitrogens with zero attached hydrogens (tertiary/aromatic N) is 2. The Morgan fingerprint density at radius 2 is 2.12 bits per heavy atom. The maximum absolute atomic E-state index is 6.21. The summed E-state index contributed by atoms with van der Waals surface area (Å²) in [7, 11) is 3.96. The number of aryl methyl sites for hydroxylation is 1. The molecule has 0 saturated carbocycles. The molecular formula is C13H16ClN3. The first-order valence-electron chi connectivity index (χ1n) is 5.63. The van der Waals surface area contributed by atoms with Crippen LogP contribution >= 0.6 is 11.6 Å². The fourth-order valence-corrected chi connectivity index (χ4v) is 2.10. The molecule has 2 aromatic rings. The number of rotatable bonds is 4. The van der Waals surface area contributed by atoms with Crippen molar-refractivity contribution in [1.29, 1.82) is 0 Å². The number of benzene rings is 1. The monoisotopic (exact) mass is 249 g/mol. The van der Waals surface area contributed by atoms with Gasteiger partial charge in [0.2, 0.25) is 0 Å². The van der Waals surface area contributed by atoms with E-state index in [0.717, 1.165) is 29.2 Å². The predicted molar refractivity (Wildman–Crippen MR) is 71.3 cm³/mol. The number of hydrogen-bond donors (Lipinski definition) is 1. The standard InChI is InChI=1S/C13H16ClN3/c1-15-8-7-12-13(16-9-17(12)2)10-5-3-4-6-11(10)14/h3-6,9,15H,7-8H2,1-2H3. The lowest BCUT2D eigenvalue weighted by Gasteiger charge is -2.07. The number of halogens is 1. The molecule has 1 heterocycles. The third-order valence-electron chi connectivity index (χ3n) is 2.80. The van der Waals surface area contributed by atoms with Crippen LogP contribution in [0, 0.1) is 0 Å². The minimum Gasteiger partial charge on any atom is -0.337 e. The third kappa shape index (κ3) is 2.51. The molecular weight excluding hydrogens is 234 g/mol. The molecule has 0 aliphatic heterocycles. The summed E-state index contributed by atoms with van der Waals surface area (Å²) >= 11 is 6.21. The van der Waals surface area contributed by atoms with Crippen molar-refractivity contribution < 1.29 is 0 Å². The highest BCUT2D eigenvalue weighted by molar-refractivity contribution is 6.33. The Bertz CT molecular complexity index is 505. The van der Waals surface area contributed by atoms with Gasteiger partial charge in [-0.25, -0.2) is 4.98 Å². The molecule has 0 spiro atoms. The minimum atomic E-state index is 0.747. The second kappa shape index (κ2) is 5.34. The molecule has 0 amide bonds. The van der Waals surface area contributed by atoms with Gasteiger partial charge in [0, 0.05) is 31.3 Å².